The van der Waals surface area contributed by atoms with Crippen LogP contribution in [-0.4, -0.2) is 47.7 Å². The number of aromatic nitrogens is 4. The Morgan fingerprint density at radius 1 is 0.871 bits per heavy atom. The predicted octanol–water partition coefficient (Wildman–Crippen LogP) is 3.86. The van der Waals surface area contributed by atoms with Crippen LogP contribution >= 0.6 is 11.3 Å². The van der Waals surface area contributed by atoms with E-state index in [4.69, 9.17) is 23.7 Å². The van der Waals surface area contributed by atoms with Gasteiger partial charge in [-0.1, -0.05) is 23.5 Å². The second kappa shape index (κ2) is 9.09. The zero-order chi connectivity index (χ0) is 21.8. The summed E-state index contributed by atoms with van der Waals surface area (Å²) in [7, 11) is 4.70. The van der Waals surface area contributed by atoms with Crippen LogP contribution in [0.15, 0.2) is 36.4 Å². The Bertz CT molecular complexity index is 1160. The summed E-state index contributed by atoms with van der Waals surface area (Å²) in [4.78, 5) is 0.653. The quantitative estimate of drug-likeness (QED) is 0.386. The molecule has 162 valence electrons. The maximum atomic E-state index is 5.93. The molecule has 0 aliphatic carbocycles. The molecule has 0 radical (unpaired) electrons. The summed E-state index contributed by atoms with van der Waals surface area (Å²) in [6, 6.07) is 11.2. The molecule has 0 bridgehead atoms. The van der Waals surface area contributed by atoms with E-state index in [1.54, 1.807) is 25.8 Å². The number of para-hydroxylation sites is 2. The number of hydrogen-bond acceptors (Lipinski definition) is 9. The lowest BCUT2D eigenvalue weighted by atomic mass is 10.1. The van der Waals surface area contributed by atoms with Crippen LogP contribution in [0.2, 0.25) is 0 Å². The number of nitrogens with zero attached hydrogens (tertiary/aromatic N) is 4. The highest BCUT2D eigenvalue weighted by molar-refractivity contribution is 7.16. The molecular formula is C21H22N4O5S. The van der Waals surface area contributed by atoms with Crippen LogP contribution < -0.4 is 23.7 Å². The minimum absolute atomic E-state index is 0.285. The van der Waals surface area contributed by atoms with E-state index >= 15 is 0 Å². The monoisotopic (exact) mass is 442 g/mol. The Hall–Kier alpha value is -3.53. The second-order valence-electron chi connectivity index (χ2n) is 6.30. The lowest BCUT2D eigenvalue weighted by Crippen LogP contribution is -2.00. The summed E-state index contributed by atoms with van der Waals surface area (Å²) in [5, 5.41) is 13.9. The van der Waals surface area contributed by atoms with Gasteiger partial charge in [0.1, 0.15) is 6.61 Å². The fourth-order valence-corrected chi connectivity index (χ4v) is 3.84. The van der Waals surface area contributed by atoms with Gasteiger partial charge in [0.2, 0.25) is 10.7 Å². The first kappa shape index (κ1) is 20.7. The zero-order valence-electron chi connectivity index (χ0n) is 17.6. The maximum absolute atomic E-state index is 5.93. The van der Waals surface area contributed by atoms with Gasteiger partial charge < -0.3 is 23.7 Å². The highest BCUT2D eigenvalue weighted by Gasteiger charge is 2.19. The van der Waals surface area contributed by atoms with Gasteiger partial charge in [0, 0.05) is 5.56 Å². The Morgan fingerprint density at radius 2 is 1.55 bits per heavy atom. The maximum Gasteiger partial charge on any atom is 0.235 e. The molecule has 0 aliphatic rings. The van der Waals surface area contributed by atoms with Crippen molar-refractivity contribution >= 4 is 16.3 Å². The van der Waals surface area contributed by atoms with Crippen LogP contribution in [0.1, 0.15) is 11.9 Å². The molecule has 0 unspecified atom stereocenters. The summed E-state index contributed by atoms with van der Waals surface area (Å²) in [5.41, 5.74) is 0.737. The Kier molecular flexibility index (Phi) is 6.08. The molecule has 9 nitrogen and oxygen atoms in total. The van der Waals surface area contributed by atoms with Gasteiger partial charge in [0.15, 0.2) is 33.8 Å². The van der Waals surface area contributed by atoms with Crippen molar-refractivity contribution in [1.29, 1.82) is 0 Å². The third-order valence-electron chi connectivity index (χ3n) is 4.46. The molecule has 0 aliphatic heterocycles. The summed E-state index contributed by atoms with van der Waals surface area (Å²) in [6.07, 6.45) is 0. The van der Waals surface area contributed by atoms with Gasteiger partial charge in [-0.15, -0.1) is 10.2 Å². The van der Waals surface area contributed by atoms with Gasteiger partial charge in [-0.3, -0.25) is 0 Å². The number of hydrogen-bond donors (Lipinski definition) is 0. The fraction of sp³-hybridized carbons (Fsp3) is 0.286. The molecule has 4 aromatic rings. The molecular weight excluding hydrogens is 420 g/mol. The van der Waals surface area contributed by atoms with Gasteiger partial charge >= 0.3 is 0 Å². The van der Waals surface area contributed by atoms with Crippen LogP contribution in [0.5, 0.6) is 28.7 Å². The van der Waals surface area contributed by atoms with E-state index in [2.05, 4.69) is 15.3 Å². The Balaban J connectivity index is 1.63. The summed E-state index contributed by atoms with van der Waals surface area (Å²) < 4.78 is 29.5. The van der Waals surface area contributed by atoms with Crippen LogP contribution in [0.25, 0.3) is 16.3 Å². The molecule has 0 spiro atoms. The number of fused-ring (bicyclic) bond motifs is 1. The number of ether oxygens (including phenoxy) is 5. The van der Waals surface area contributed by atoms with E-state index in [0.29, 0.717) is 46.1 Å². The zero-order valence-corrected chi connectivity index (χ0v) is 18.4. The van der Waals surface area contributed by atoms with E-state index < -0.39 is 0 Å². The number of methoxy groups -OCH3 is 3. The SMILES string of the molecule is CCOc1ccccc1OCc1nn2c(-c3cc(OC)c(OC)c(OC)c3)nnc2s1. The minimum atomic E-state index is 0.285. The largest absolute Gasteiger partial charge is 0.493 e. The van der Waals surface area contributed by atoms with Crippen molar-refractivity contribution < 1.29 is 23.7 Å². The first-order valence-electron chi connectivity index (χ1n) is 9.54. The van der Waals surface area contributed by atoms with Crippen LogP contribution in [-0.2, 0) is 6.61 Å². The molecule has 0 atom stereocenters. The van der Waals surface area contributed by atoms with Gasteiger partial charge in [-0.05, 0) is 31.2 Å². The number of rotatable bonds is 9. The normalized spacial score (nSPS) is 10.8. The Labute approximate surface area is 183 Å². The first-order valence-corrected chi connectivity index (χ1v) is 10.4. The van der Waals surface area contributed by atoms with E-state index in [0.717, 1.165) is 10.6 Å². The fourth-order valence-electron chi connectivity index (χ4n) is 3.09. The summed E-state index contributed by atoms with van der Waals surface area (Å²) in [5.74, 6) is 3.49. The molecule has 0 saturated carbocycles. The van der Waals surface area contributed by atoms with Crippen molar-refractivity contribution in [1.82, 2.24) is 19.8 Å². The van der Waals surface area contributed by atoms with Crippen LogP contribution in [0.4, 0.5) is 0 Å². The van der Waals surface area contributed by atoms with Gasteiger partial charge in [0.05, 0.1) is 27.9 Å². The van der Waals surface area contributed by atoms with Gasteiger partial charge in [-0.25, -0.2) is 0 Å². The van der Waals surface area contributed by atoms with Crippen molar-refractivity contribution in [2.75, 3.05) is 27.9 Å². The molecule has 0 saturated heterocycles. The van der Waals surface area contributed by atoms with Gasteiger partial charge in [-0.2, -0.15) is 9.61 Å². The average Bonchev–Trinajstić information content (AvgIpc) is 3.38. The first-order chi connectivity index (χ1) is 15.2. The minimum Gasteiger partial charge on any atom is -0.493 e. The van der Waals surface area contributed by atoms with Crippen molar-refractivity contribution in [2.45, 2.75) is 13.5 Å². The van der Waals surface area contributed by atoms with Gasteiger partial charge in [0.25, 0.3) is 0 Å². The molecule has 2 heterocycles. The average molecular weight is 442 g/mol. The lowest BCUT2D eigenvalue weighted by Gasteiger charge is -2.13. The topological polar surface area (TPSA) is 89.2 Å². The molecule has 2 aromatic heterocycles. The second-order valence-corrected chi connectivity index (χ2v) is 7.34. The smallest absolute Gasteiger partial charge is 0.235 e. The van der Waals surface area contributed by atoms with E-state index in [-0.39, 0.29) is 6.61 Å². The molecule has 31 heavy (non-hydrogen) atoms. The highest BCUT2D eigenvalue weighted by atomic mass is 32.1. The predicted molar refractivity (Wildman–Crippen MR) is 116 cm³/mol. The van der Waals surface area contributed by atoms with E-state index in [9.17, 15) is 0 Å². The van der Waals surface area contributed by atoms with E-state index in [1.807, 2.05) is 43.3 Å². The molecule has 10 heteroatoms. The van der Waals surface area contributed by atoms with Crippen molar-refractivity contribution in [3.8, 4) is 40.1 Å². The Morgan fingerprint density at radius 3 is 2.16 bits per heavy atom. The lowest BCUT2D eigenvalue weighted by molar-refractivity contribution is 0.268. The molecule has 4 rings (SSSR count). The highest BCUT2D eigenvalue weighted by Crippen LogP contribution is 2.41. The standard InChI is InChI=1S/C21H22N4O5S/c1-5-29-14-8-6-7-9-15(14)30-12-18-24-25-20(22-23-21(25)31-18)13-10-16(26-2)19(28-4)17(11-13)27-3/h6-11H,5,12H2,1-4H3. The number of benzene rings is 2. The van der Waals surface area contributed by atoms with Crippen LogP contribution in [0, 0.1) is 0 Å². The van der Waals surface area contributed by atoms with E-state index in [1.165, 1.54) is 11.3 Å². The third-order valence-corrected chi connectivity index (χ3v) is 5.33. The molecule has 0 amide bonds. The molecule has 0 fully saturated rings. The summed E-state index contributed by atoms with van der Waals surface area (Å²) >= 11 is 1.40. The van der Waals surface area contributed by atoms with Crippen molar-refractivity contribution in [3.63, 3.8) is 0 Å². The summed E-state index contributed by atoms with van der Waals surface area (Å²) in [6.45, 7) is 2.78. The third kappa shape index (κ3) is 4.06. The van der Waals surface area contributed by atoms with Crippen molar-refractivity contribution in [3.05, 3.63) is 41.4 Å². The molecule has 2 aromatic carbocycles. The van der Waals surface area contributed by atoms with Crippen LogP contribution in [0.3, 0.4) is 0 Å². The van der Waals surface area contributed by atoms with Crippen molar-refractivity contribution in [2.24, 2.45) is 0 Å². The molecule has 0 N–H and O–H groups in total.